The molecule has 0 aromatic heterocycles. The van der Waals surface area contributed by atoms with E-state index >= 15 is 0 Å². The molecule has 0 fully saturated rings. The van der Waals surface area contributed by atoms with Crippen molar-refractivity contribution in [3.05, 3.63) is 49.6 Å². The number of nitrogens with one attached hydrogen (secondary N) is 1. The van der Waals surface area contributed by atoms with Crippen molar-refractivity contribution in [1.29, 1.82) is 0 Å². The second kappa shape index (κ2) is 9.12. The summed E-state index contributed by atoms with van der Waals surface area (Å²) in [5, 5.41) is 0. The highest BCUT2D eigenvalue weighted by molar-refractivity contribution is 7.93. The van der Waals surface area contributed by atoms with Crippen molar-refractivity contribution in [1.82, 2.24) is 4.90 Å². The largest absolute Gasteiger partial charge is 0.491 e. The molecule has 0 heterocycles. The third kappa shape index (κ3) is 6.87. The Morgan fingerprint density at radius 2 is 1.75 bits per heavy atom. The molecule has 1 rings (SSSR count). The molecule has 1 aromatic carbocycles. The smallest absolute Gasteiger partial charge is 0.241 e. The van der Waals surface area contributed by atoms with Crippen molar-refractivity contribution in [2.75, 3.05) is 23.6 Å². The first-order chi connectivity index (χ1) is 11.3. The van der Waals surface area contributed by atoms with Gasteiger partial charge < -0.3 is 9.64 Å². The van der Waals surface area contributed by atoms with Gasteiger partial charge in [0.15, 0.2) is 0 Å². The second-order valence-electron chi connectivity index (χ2n) is 5.43. The number of nitrogens with zero attached hydrogens (tertiary/aromatic N) is 1. The number of rotatable bonds is 10. The van der Waals surface area contributed by atoms with Crippen LogP contribution in [0.15, 0.2) is 49.6 Å². The van der Waals surface area contributed by atoms with E-state index in [2.05, 4.69) is 17.9 Å². The van der Waals surface area contributed by atoms with Crippen LogP contribution in [0.4, 0.5) is 5.69 Å². The Morgan fingerprint density at radius 1 is 1.21 bits per heavy atom. The Labute approximate surface area is 143 Å². The van der Waals surface area contributed by atoms with Gasteiger partial charge in [-0.25, -0.2) is 8.42 Å². The third-order valence-electron chi connectivity index (χ3n) is 2.86. The van der Waals surface area contributed by atoms with Crippen LogP contribution in [0.5, 0.6) is 5.75 Å². The van der Waals surface area contributed by atoms with Crippen LogP contribution in [0.2, 0.25) is 0 Å². The van der Waals surface area contributed by atoms with Gasteiger partial charge in [0.05, 0.1) is 6.10 Å². The van der Waals surface area contributed by atoms with Gasteiger partial charge in [-0.2, -0.15) is 0 Å². The lowest BCUT2D eigenvalue weighted by molar-refractivity contribution is -0.127. The van der Waals surface area contributed by atoms with E-state index in [4.69, 9.17) is 4.74 Å². The molecule has 7 heteroatoms. The van der Waals surface area contributed by atoms with Gasteiger partial charge in [0, 0.05) is 18.8 Å². The SMILES string of the molecule is C=CCN(CC=C)C(=O)CS(=O)(=O)Nc1ccc(OC(C)C)cc1. The average molecular weight is 352 g/mol. The summed E-state index contributed by atoms with van der Waals surface area (Å²) in [6.07, 6.45) is 3.11. The molecule has 0 spiro atoms. The normalized spacial score (nSPS) is 11.0. The number of amides is 1. The first-order valence-corrected chi connectivity index (χ1v) is 9.19. The highest BCUT2D eigenvalue weighted by Crippen LogP contribution is 2.18. The molecular weight excluding hydrogens is 328 g/mol. The van der Waals surface area contributed by atoms with Gasteiger partial charge in [-0.3, -0.25) is 9.52 Å². The molecule has 1 amide bonds. The summed E-state index contributed by atoms with van der Waals surface area (Å²) >= 11 is 0. The summed E-state index contributed by atoms with van der Waals surface area (Å²) in [7, 11) is -3.80. The van der Waals surface area contributed by atoms with Crippen molar-refractivity contribution in [2.24, 2.45) is 0 Å². The molecule has 0 bridgehead atoms. The Balaban J connectivity index is 2.73. The number of benzene rings is 1. The topological polar surface area (TPSA) is 75.7 Å². The van der Waals surface area contributed by atoms with Gasteiger partial charge in [0.2, 0.25) is 15.9 Å². The Kier molecular flexibility index (Phi) is 7.51. The molecule has 0 atom stereocenters. The van der Waals surface area contributed by atoms with Crippen molar-refractivity contribution < 1.29 is 17.9 Å². The number of carbonyl (C=O) groups is 1. The first kappa shape index (κ1) is 19.8. The molecule has 6 nitrogen and oxygen atoms in total. The van der Waals surface area contributed by atoms with E-state index in [1.165, 1.54) is 17.1 Å². The highest BCUT2D eigenvalue weighted by Gasteiger charge is 2.20. The third-order valence-corrected chi connectivity index (χ3v) is 4.04. The molecule has 0 radical (unpaired) electrons. The van der Waals surface area contributed by atoms with Gasteiger partial charge >= 0.3 is 0 Å². The minimum absolute atomic E-state index is 0.0332. The van der Waals surface area contributed by atoms with Crippen LogP contribution >= 0.6 is 0 Å². The minimum atomic E-state index is -3.80. The maximum absolute atomic E-state index is 12.1. The average Bonchev–Trinajstić information content (AvgIpc) is 2.47. The number of carbonyl (C=O) groups excluding carboxylic acids is 1. The lowest BCUT2D eigenvalue weighted by atomic mass is 10.3. The summed E-state index contributed by atoms with van der Waals surface area (Å²) in [6, 6.07) is 6.51. The predicted molar refractivity (Wildman–Crippen MR) is 96.6 cm³/mol. The van der Waals surface area contributed by atoms with Gasteiger partial charge in [-0.1, -0.05) is 12.2 Å². The number of anilines is 1. The van der Waals surface area contributed by atoms with Gasteiger partial charge in [0.1, 0.15) is 11.5 Å². The summed E-state index contributed by atoms with van der Waals surface area (Å²) in [6.45, 7) is 11.4. The van der Waals surface area contributed by atoms with E-state index < -0.39 is 21.7 Å². The molecule has 0 saturated heterocycles. The summed E-state index contributed by atoms with van der Waals surface area (Å²) in [5.41, 5.74) is 0.373. The molecule has 0 unspecified atom stereocenters. The van der Waals surface area contributed by atoms with Crippen LogP contribution in [0.1, 0.15) is 13.8 Å². The van der Waals surface area contributed by atoms with E-state index in [9.17, 15) is 13.2 Å². The highest BCUT2D eigenvalue weighted by atomic mass is 32.2. The summed E-state index contributed by atoms with van der Waals surface area (Å²) in [5.74, 6) is -0.506. The van der Waals surface area contributed by atoms with Crippen LogP contribution in [-0.2, 0) is 14.8 Å². The van der Waals surface area contributed by atoms with Crippen LogP contribution in [-0.4, -0.2) is 44.2 Å². The fraction of sp³-hybridized carbons (Fsp3) is 0.353. The van der Waals surface area contributed by atoms with Crippen LogP contribution in [0, 0.1) is 0 Å². The van der Waals surface area contributed by atoms with Crippen molar-refractivity contribution >= 4 is 21.6 Å². The zero-order valence-corrected chi connectivity index (χ0v) is 14.9. The number of sulfonamides is 1. The minimum Gasteiger partial charge on any atom is -0.491 e. The van der Waals surface area contributed by atoms with Crippen LogP contribution in [0.3, 0.4) is 0 Å². The van der Waals surface area contributed by atoms with Crippen LogP contribution in [0.25, 0.3) is 0 Å². The lowest BCUT2D eigenvalue weighted by Gasteiger charge is -2.19. The standard InChI is InChI=1S/C17H24N2O4S/c1-5-11-19(12-6-2)17(20)13-24(21,22)18-15-7-9-16(10-8-15)23-14(3)4/h5-10,14,18H,1-2,11-13H2,3-4H3. The van der Waals surface area contributed by atoms with Crippen LogP contribution < -0.4 is 9.46 Å². The summed E-state index contributed by atoms with van der Waals surface area (Å²) in [4.78, 5) is 13.5. The molecule has 0 aliphatic carbocycles. The fourth-order valence-electron chi connectivity index (χ4n) is 1.93. The van der Waals surface area contributed by atoms with Gasteiger partial charge in [-0.15, -0.1) is 13.2 Å². The predicted octanol–water partition coefficient (Wildman–Crippen LogP) is 2.42. The Morgan fingerprint density at radius 3 is 2.21 bits per heavy atom. The van der Waals surface area contributed by atoms with Gasteiger partial charge in [-0.05, 0) is 38.1 Å². The Bertz CT molecular complexity index is 656. The maximum atomic E-state index is 12.1. The quantitative estimate of drug-likeness (QED) is 0.656. The first-order valence-electron chi connectivity index (χ1n) is 7.54. The maximum Gasteiger partial charge on any atom is 0.241 e. The fourth-order valence-corrected chi connectivity index (χ4v) is 3.01. The molecule has 0 saturated carbocycles. The van der Waals surface area contributed by atoms with Crippen molar-refractivity contribution in [3.63, 3.8) is 0 Å². The lowest BCUT2D eigenvalue weighted by Crippen LogP contribution is -2.37. The molecule has 1 N–H and O–H groups in total. The molecule has 0 aliphatic rings. The van der Waals surface area contributed by atoms with E-state index in [-0.39, 0.29) is 19.2 Å². The second-order valence-corrected chi connectivity index (χ2v) is 7.15. The summed E-state index contributed by atoms with van der Waals surface area (Å²) < 4.78 is 32.2. The van der Waals surface area contributed by atoms with E-state index in [0.29, 0.717) is 11.4 Å². The monoisotopic (exact) mass is 352 g/mol. The van der Waals surface area contributed by atoms with E-state index in [0.717, 1.165) is 0 Å². The number of ether oxygens (including phenoxy) is 1. The Hall–Kier alpha value is -2.28. The van der Waals surface area contributed by atoms with Crippen molar-refractivity contribution in [3.8, 4) is 5.75 Å². The molecule has 0 aliphatic heterocycles. The molecular formula is C17H24N2O4S. The zero-order chi connectivity index (χ0) is 18.2. The van der Waals surface area contributed by atoms with Gasteiger partial charge in [0.25, 0.3) is 0 Å². The van der Waals surface area contributed by atoms with E-state index in [1.807, 2.05) is 13.8 Å². The van der Waals surface area contributed by atoms with E-state index in [1.54, 1.807) is 24.3 Å². The number of hydrogen-bond donors (Lipinski definition) is 1. The molecule has 24 heavy (non-hydrogen) atoms. The van der Waals surface area contributed by atoms with Crippen molar-refractivity contribution in [2.45, 2.75) is 20.0 Å². The number of hydrogen-bond acceptors (Lipinski definition) is 4. The molecule has 132 valence electrons. The zero-order valence-electron chi connectivity index (χ0n) is 14.1. The molecule has 1 aromatic rings.